The van der Waals surface area contributed by atoms with E-state index in [2.05, 4.69) is 22.1 Å². The summed E-state index contributed by atoms with van der Waals surface area (Å²) < 4.78 is 5.88. The van der Waals surface area contributed by atoms with Crippen LogP contribution in [0.4, 0.5) is 6.01 Å². The molecule has 0 amide bonds. The van der Waals surface area contributed by atoms with E-state index < -0.39 is 0 Å². The van der Waals surface area contributed by atoms with Crippen LogP contribution in [-0.4, -0.2) is 31.2 Å². The van der Waals surface area contributed by atoms with Crippen molar-refractivity contribution in [2.45, 2.75) is 26.2 Å². The van der Waals surface area contributed by atoms with Gasteiger partial charge in [-0.2, -0.15) is 4.98 Å². The largest absolute Gasteiger partial charge is 0.423 e. The van der Waals surface area contributed by atoms with Gasteiger partial charge in [-0.25, -0.2) is 0 Å². The van der Waals surface area contributed by atoms with Crippen LogP contribution in [0.25, 0.3) is 11.1 Å². The first-order valence-corrected chi connectivity index (χ1v) is 7.68. The van der Waals surface area contributed by atoms with E-state index in [0.29, 0.717) is 5.92 Å². The molecule has 1 aromatic carbocycles. The molecule has 3 rings (SSSR count). The van der Waals surface area contributed by atoms with E-state index in [9.17, 15) is 0 Å². The summed E-state index contributed by atoms with van der Waals surface area (Å²) in [5.41, 5.74) is 1.84. The molecule has 1 N–H and O–H groups in total. The number of benzene rings is 1. The van der Waals surface area contributed by atoms with Crippen LogP contribution in [0.3, 0.4) is 0 Å². The van der Waals surface area contributed by atoms with Gasteiger partial charge in [-0.05, 0) is 50.4 Å². The molecule has 1 saturated heterocycles. The Kier molecular flexibility index (Phi) is 4.21. The SMILES string of the molecule is CCCNCC1CCCN(c2nc3ccccc3o2)C1. The number of nitrogens with zero attached hydrogens (tertiary/aromatic N) is 2. The first-order chi connectivity index (χ1) is 9.86. The molecule has 1 atom stereocenters. The second-order valence-electron chi connectivity index (χ2n) is 5.62. The smallest absolute Gasteiger partial charge is 0.298 e. The zero-order valence-electron chi connectivity index (χ0n) is 12.1. The van der Waals surface area contributed by atoms with Crippen molar-refractivity contribution in [1.82, 2.24) is 10.3 Å². The molecule has 20 heavy (non-hydrogen) atoms. The Hall–Kier alpha value is -1.55. The van der Waals surface area contributed by atoms with Crippen LogP contribution < -0.4 is 10.2 Å². The molecule has 108 valence electrons. The third-order valence-electron chi connectivity index (χ3n) is 3.93. The highest BCUT2D eigenvalue weighted by Gasteiger charge is 2.23. The first-order valence-electron chi connectivity index (χ1n) is 7.68. The minimum Gasteiger partial charge on any atom is -0.423 e. The minimum absolute atomic E-state index is 0.699. The summed E-state index contributed by atoms with van der Waals surface area (Å²) in [6.07, 6.45) is 3.71. The van der Waals surface area contributed by atoms with Gasteiger partial charge in [0.15, 0.2) is 5.58 Å². The lowest BCUT2D eigenvalue weighted by Crippen LogP contribution is -2.40. The fourth-order valence-corrected chi connectivity index (χ4v) is 2.88. The molecule has 1 fully saturated rings. The summed E-state index contributed by atoms with van der Waals surface area (Å²) in [5, 5.41) is 3.53. The monoisotopic (exact) mass is 273 g/mol. The molecular formula is C16H23N3O. The van der Waals surface area contributed by atoms with Gasteiger partial charge < -0.3 is 14.6 Å². The number of hydrogen-bond donors (Lipinski definition) is 1. The average molecular weight is 273 g/mol. The Morgan fingerprint density at radius 3 is 3.15 bits per heavy atom. The van der Waals surface area contributed by atoms with Crippen LogP contribution in [0.15, 0.2) is 28.7 Å². The van der Waals surface area contributed by atoms with E-state index >= 15 is 0 Å². The Balaban J connectivity index is 1.66. The van der Waals surface area contributed by atoms with Crippen molar-refractivity contribution >= 4 is 17.1 Å². The van der Waals surface area contributed by atoms with E-state index in [-0.39, 0.29) is 0 Å². The van der Waals surface area contributed by atoms with Crippen LogP contribution in [0.1, 0.15) is 26.2 Å². The molecule has 0 aliphatic carbocycles. The van der Waals surface area contributed by atoms with Gasteiger partial charge in [-0.3, -0.25) is 0 Å². The van der Waals surface area contributed by atoms with Gasteiger partial charge in [0.2, 0.25) is 0 Å². The van der Waals surface area contributed by atoms with Gasteiger partial charge in [0, 0.05) is 13.1 Å². The Labute approximate surface area is 120 Å². The van der Waals surface area contributed by atoms with Crippen molar-refractivity contribution in [3.63, 3.8) is 0 Å². The van der Waals surface area contributed by atoms with Crippen molar-refractivity contribution in [1.29, 1.82) is 0 Å². The molecule has 1 unspecified atom stereocenters. The van der Waals surface area contributed by atoms with Gasteiger partial charge in [0.1, 0.15) is 5.52 Å². The highest BCUT2D eigenvalue weighted by molar-refractivity contribution is 5.74. The highest BCUT2D eigenvalue weighted by Crippen LogP contribution is 2.25. The second kappa shape index (κ2) is 6.27. The standard InChI is InChI=1S/C16H23N3O/c1-2-9-17-11-13-6-5-10-19(12-13)16-18-14-7-3-4-8-15(14)20-16/h3-4,7-8,13,17H,2,5-6,9-12H2,1H3. The zero-order valence-corrected chi connectivity index (χ0v) is 12.1. The van der Waals surface area contributed by atoms with Crippen molar-refractivity contribution in [3.05, 3.63) is 24.3 Å². The number of fused-ring (bicyclic) bond motifs is 1. The molecule has 0 saturated carbocycles. The number of para-hydroxylation sites is 2. The molecule has 2 heterocycles. The molecule has 0 spiro atoms. The van der Waals surface area contributed by atoms with Crippen LogP contribution in [0, 0.1) is 5.92 Å². The summed E-state index contributed by atoms with van der Waals surface area (Å²) in [6.45, 7) is 6.52. The maximum absolute atomic E-state index is 5.88. The lowest BCUT2D eigenvalue weighted by molar-refractivity contribution is 0.378. The number of hydrogen-bond acceptors (Lipinski definition) is 4. The summed E-state index contributed by atoms with van der Waals surface area (Å²) >= 11 is 0. The number of aromatic nitrogens is 1. The Morgan fingerprint density at radius 2 is 2.30 bits per heavy atom. The van der Waals surface area contributed by atoms with Crippen molar-refractivity contribution in [3.8, 4) is 0 Å². The van der Waals surface area contributed by atoms with Crippen LogP contribution in [0.5, 0.6) is 0 Å². The van der Waals surface area contributed by atoms with Crippen LogP contribution in [0.2, 0.25) is 0 Å². The van der Waals surface area contributed by atoms with Gasteiger partial charge >= 0.3 is 0 Å². The first kappa shape index (κ1) is 13.4. The predicted octanol–water partition coefficient (Wildman–Crippen LogP) is 3.04. The maximum atomic E-state index is 5.88. The normalized spacial score (nSPS) is 19.6. The molecule has 1 aliphatic rings. The second-order valence-corrected chi connectivity index (χ2v) is 5.62. The maximum Gasteiger partial charge on any atom is 0.298 e. The van der Waals surface area contributed by atoms with Crippen LogP contribution >= 0.6 is 0 Å². The minimum atomic E-state index is 0.699. The zero-order chi connectivity index (χ0) is 13.8. The van der Waals surface area contributed by atoms with Crippen molar-refractivity contribution in [2.75, 3.05) is 31.1 Å². The number of rotatable bonds is 5. The Morgan fingerprint density at radius 1 is 1.40 bits per heavy atom. The lowest BCUT2D eigenvalue weighted by atomic mass is 9.98. The molecule has 4 heteroatoms. The number of piperidine rings is 1. The number of nitrogens with one attached hydrogen (secondary N) is 1. The number of oxazole rings is 1. The van der Waals surface area contributed by atoms with E-state index in [0.717, 1.165) is 43.3 Å². The van der Waals surface area contributed by atoms with E-state index in [4.69, 9.17) is 4.42 Å². The van der Waals surface area contributed by atoms with Crippen molar-refractivity contribution in [2.24, 2.45) is 5.92 Å². The summed E-state index contributed by atoms with van der Waals surface area (Å²) in [7, 11) is 0. The quantitative estimate of drug-likeness (QED) is 0.850. The fourth-order valence-electron chi connectivity index (χ4n) is 2.88. The third-order valence-corrected chi connectivity index (χ3v) is 3.93. The molecule has 0 bridgehead atoms. The number of anilines is 1. The van der Waals surface area contributed by atoms with Gasteiger partial charge in [0.05, 0.1) is 0 Å². The van der Waals surface area contributed by atoms with E-state index in [1.165, 1.54) is 19.3 Å². The lowest BCUT2D eigenvalue weighted by Gasteiger charge is -2.31. The summed E-state index contributed by atoms with van der Waals surface area (Å²) in [4.78, 5) is 6.90. The molecule has 2 aromatic rings. The van der Waals surface area contributed by atoms with Crippen LogP contribution in [-0.2, 0) is 0 Å². The van der Waals surface area contributed by atoms with Gasteiger partial charge in [-0.1, -0.05) is 19.1 Å². The molecule has 4 nitrogen and oxygen atoms in total. The third kappa shape index (κ3) is 2.96. The van der Waals surface area contributed by atoms with Gasteiger partial charge in [-0.15, -0.1) is 0 Å². The predicted molar refractivity (Wildman–Crippen MR) is 82.1 cm³/mol. The van der Waals surface area contributed by atoms with E-state index in [1.54, 1.807) is 0 Å². The summed E-state index contributed by atoms with van der Waals surface area (Å²) in [6, 6.07) is 8.77. The Bertz CT molecular complexity index is 518. The highest BCUT2D eigenvalue weighted by atomic mass is 16.4. The molecule has 1 aliphatic heterocycles. The molecular weight excluding hydrogens is 250 g/mol. The topological polar surface area (TPSA) is 41.3 Å². The van der Waals surface area contributed by atoms with Crippen molar-refractivity contribution < 1.29 is 4.42 Å². The van der Waals surface area contributed by atoms with Gasteiger partial charge in [0.25, 0.3) is 6.01 Å². The average Bonchev–Trinajstić information content (AvgIpc) is 2.92. The molecule has 0 radical (unpaired) electrons. The summed E-state index contributed by atoms with van der Waals surface area (Å²) in [5.74, 6) is 0.699. The fraction of sp³-hybridized carbons (Fsp3) is 0.562. The molecule has 1 aromatic heterocycles. The van der Waals surface area contributed by atoms with E-state index in [1.807, 2.05) is 24.3 Å².